The lowest BCUT2D eigenvalue weighted by Crippen LogP contribution is -2.18. The first-order valence-electron chi connectivity index (χ1n) is 10.9. The maximum atomic E-state index is 13.3. The number of benzene rings is 3. The second kappa shape index (κ2) is 10.4. The van der Waals surface area contributed by atoms with Gasteiger partial charge in [-0.2, -0.15) is 4.99 Å². The normalized spacial score (nSPS) is 11.9. The number of hydrogen-bond donors (Lipinski definition) is 1. The molecular formula is C26H25N3O5S2. The van der Waals surface area contributed by atoms with Crippen LogP contribution in [0.2, 0.25) is 0 Å². The van der Waals surface area contributed by atoms with Crippen molar-refractivity contribution >= 4 is 43.2 Å². The number of aromatic nitrogens is 1. The van der Waals surface area contributed by atoms with Gasteiger partial charge in [0.05, 0.1) is 40.6 Å². The summed E-state index contributed by atoms with van der Waals surface area (Å²) in [5.74, 6) is 0.528. The van der Waals surface area contributed by atoms with E-state index in [1.165, 1.54) is 35.6 Å². The van der Waals surface area contributed by atoms with E-state index in [1.54, 1.807) is 44.6 Å². The zero-order valence-electron chi connectivity index (χ0n) is 20.0. The van der Waals surface area contributed by atoms with Crippen LogP contribution in [0, 0.1) is 6.92 Å². The van der Waals surface area contributed by atoms with E-state index >= 15 is 0 Å². The minimum atomic E-state index is -3.90. The zero-order valence-corrected chi connectivity index (χ0v) is 21.7. The number of anilines is 1. The SMILES string of the molecule is C=CCn1c(=NC(=O)c2ccccc2NS(=O)(=O)c2ccc(C)cc2)sc2cc(OC)c(OC)cc21. The molecule has 1 amide bonds. The molecule has 0 aliphatic heterocycles. The predicted octanol–water partition coefficient (Wildman–Crippen LogP) is 4.76. The van der Waals surface area contributed by atoms with Crippen LogP contribution in [0.1, 0.15) is 15.9 Å². The molecular weight excluding hydrogens is 498 g/mol. The summed E-state index contributed by atoms with van der Waals surface area (Å²) in [6, 6.07) is 16.5. The number of carbonyl (C=O) groups excluding carboxylic acids is 1. The van der Waals surface area contributed by atoms with E-state index in [0.29, 0.717) is 22.8 Å². The van der Waals surface area contributed by atoms with Crippen LogP contribution in [0.5, 0.6) is 11.5 Å². The molecule has 0 saturated heterocycles. The van der Waals surface area contributed by atoms with Crippen molar-refractivity contribution in [2.24, 2.45) is 4.99 Å². The molecule has 1 N–H and O–H groups in total. The van der Waals surface area contributed by atoms with Gasteiger partial charge in [0.25, 0.3) is 15.9 Å². The zero-order chi connectivity index (χ0) is 25.9. The van der Waals surface area contributed by atoms with Gasteiger partial charge in [-0.1, -0.05) is 47.2 Å². The van der Waals surface area contributed by atoms with Crippen molar-refractivity contribution in [2.45, 2.75) is 18.4 Å². The highest BCUT2D eigenvalue weighted by Gasteiger charge is 2.19. The lowest BCUT2D eigenvalue weighted by molar-refractivity contribution is 0.0998. The number of aryl methyl sites for hydroxylation is 1. The summed E-state index contributed by atoms with van der Waals surface area (Å²) < 4.78 is 41.9. The first-order chi connectivity index (χ1) is 17.3. The van der Waals surface area contributed by atoms with Crippen molar-refractivity contribution in [3.63, 3.8) is 0 Å². The van der Waals surface area contributed by atoms with Gasteiger partial charge >= 0.3 is 0 Å². The Hall–Kier alpha value is -3.89. The Morgan fingerprint density at radius 1 is 1.08 bits per heavy atom. The monoisotopic (exact) mass is 523 g/mol. The third-order valence-electron chi connectivity index (χ3n) is 5.43. The van der Waals surface area contributed by atoms with Gasteiger partial charge in [0, 0.05) is 18.7 Å². The summed E-state index contributed by atoms with van der Waals surface area (Å²) in [4.78, 5) is 18.2. The number of fused-ring (bicyclic) bond motifs is 1. The van der Waals surface area contributed by atoms with Crippen molar-refractivity contribution in [1.82, 2.24) is 4.57 Å². The highest BCUT2D eigenvalue weighted by molar-refractivity contribution is 7.92. The molecule has 8 nitrogen and oxygen atoms in total. The Kier molecular flexibility index (Phi) is 7.27. The second-order valence-corrected chi connectivity index (χ2v) is 10.5. The van der Waals surface area contributed by atoms with Gasteiger partial charge < -0.3 is 14.0 Å². The van der Waals surface area contributed by atoms with E-state index in [0.717, 1.165) is 15.8 Å². The Labute approximate surface area is 213 Å². The third-order valence-corrected chi connectivity index (χ3v) is 7.85. The van der Waals surface area contributed by atoms with Gasteiger partial charge in [-0.25, -0.2) is 8.42 Å². The van der Waals surface area contributed by atoms with Crippen molar-refractivity contribution in [2.75, 3.05) is 18.9 Å². The fraction of sp³-hybridized carbons (Fsp3) is 0.154. The number of carbonyl (C=O) groups is 1. The van der Waals surface area contributed by atoms with Gasteiger partial charge in [0.15, 0.2) is 16.3 Å². The number of allylic oxidation sites excluding steroid dienone is 1. The molecule has 1 aromatic heterocycles. The number of thiazole rings is 1. The Bertz CT molecular complexity index is 1620. The fourth-order valence-electron chi connectivity index (χ4n) is 3.61. The van der Waals surface area contributed by atoms with Gasteiger partial charge in [-0.05, 0) is 31.2 Å². The van der Waals surface area contributed by atoms with Crippen molar-refractivity contribution in [3.05, 3.63) is 89.2 Å². The first-order valence-corrected chi connectivity index (χ1v) is 13.2. The molecule has 186 valence electrons. The molecule has 0 spiro atoms. The number of methoxy groups -OCH3 is 2. The molecule has 0 atom stereocenters. The maximum absolute atomic E-state index is 13.3. The largest absolute Gasteiger partial charge is 0.493 e. The number of amides is 1. The number of hydrogen-bond acceptors (Lipinski definition) is 6. The molecule has 0 aliphatic rings. The first kappa shape index (κ1) is 25.2. The number of ether oxygens (including phenoxy) is 2. The van der Waals surface area contributed by atoms with Crippen molar-refractivity contribution in [3.8, 4) is 11.5 Å². The molecule has 10 heteroatoms. The van der Waals surface area contributed by atoms with Crippen molar-refractivity contribution < 1.29 is 22.7 Å². The quantitative estimate of drug-likeness (QED) is 0.336. The van der Waals surface area contributed by atoms with Crippen LogP contribution in [-0.2, 0) is 16.6 Å². The Morgan fingerprint density at radius 2 is 1.75 bits per heavy atom. The van der Waals surface area contributed by atoms with Crippen LogP contribution in [0.4, 0.5) is 5.69 Å². The van der Waals surface area contributed by atoms with Crippen LogP contribution in [0.25, 0.3) is 10.2 Å². The topological polar surface area (TPSA) is 99.0 Å². The standard InChI is InChI=1S/C26H25N3O5S2/c1-5-14-29-21-15-22(33-3)23(34-4)16-24(21)35-26(29)27-25(30)19-8-6-7-9-20(19)28-36(31,32)18-12-10-17(2)11-13-18/h5-13,15-16,28H,1,14H2,2-4H3. The Balaban J connectivity index is 1.78. The molecule has 0 saturated carbocycles. The number of sulfonamides is 1. The molecule has 4 rings (SSSR count). The van der Waals surface area contributed by atoms with Gasteiger partial charge in [-0.15, -0.1) is 6.58 Å². The highest BCUT2D eigenvalue weighted by atomic mass is 32.2. The van der Waals surface area contributed by atoms with Crippen LogP contribution in [-0.4, -0.2) is 33.1 Å². The summed E-state index contributed by atoms with van der Waals surface area (Å²) in [6.45, 7) is 6.09. The van der Waals surface area contributed by atoms with Crippen LogP contribution in [0.3, 0.4) is 0 Å². The molecule has 0 bridgehead atoms. The molecule has 3 aromatic carbocycles. The summed E-state index contributed by atoms with van der Waals surface area (Å²) in [6.07, 6.45) is 1.70. The molecule has 0 unspecified atom stereocenters. The number of para-hydroxylation sites is 1. The molecule has 36 heavy (non-hydrogen) atoms. The minimum Gasteiger partial charge on any atom is -0.493 e. The van der Waals surface area contributed by atoms with E-state index in [1.807, 2.05) is 23.6 Å². The van der Waals surface area contributed by atoms with Crippen LogP contribution < -0.4 is 19.0 Å². The van der Waals surface area contributed by atoms with Crippen LogP contribution >= 0.6 is 11.3 Å². The van der Waals surface area contributed by atoms with E-state index in [4.69, 9.17) is 9.47 Å². The van der Waals surface area contributed by atoms with Crippen molar-refractivity contribution in [1.29, 1.82) is 0 Å². The average molecular weight is 524 g/mol. The predicted molar refractivity (Wildman–Crippen MR) is 141 cm³/mol. The van der Waals surface area contributed by atoms with E-state index in [9.17, 15) is 13.2 Å². The molecule has 0 fully saturated rings. The summed E-state index contributed by atoms with van der Waals surface area (Å²) in [5, 5.41) is 0. The molecule has 1 heterocycles. The maximum Gasteiger partial charge on any atom is 0.281 e. The van der Waals surface area contributed by atoms with E-state index in [-0.39, 0.29) is 16.1 Å². The Morgan fingerprint density at radius 3 is 2.42 bits per heavy atom. The summed E-state index contributed by atoms with van der Waals surface area (Å²) >= 11 is 1.31. The minimum absolute atomic E-state index is 0.100. The fourth-order valence-corrected chi connectivity index (χ4v) is 5.74. The molecule has 4 aromatic rings. The van der Waals surface area contributed by atoms with Gasteiger partial charge in [-0.3, -0.25) is 9.52 Å². The molecule has 0 radical (unpaired) electrons. The third kappa shape index (κ3) is 5.05. The second-order valence-electron chi connectivity index (χ2n) is 7.84. The van der Waals surface area contributed by atoms with E-state index < -0.39 is 15.9 Å². The molecule has 0 aliphatic carbocycles. The lowest BCUT2D eigenvalue weighted by Gasteiger charge is -2.11. The van der Waals surface area contributed by atoms with Gasteiger partial charge in [0.1, 0.15) is 0 Å². The lowest BCUT2D eigenvalue weighted by atomic mass is 10.2. The highest BCUT2D eigenvalue weighted by Crippen LogP contribution is 2.33. The number of rotatable bonds is 8. The van der Waals surface area contributed by atoms with Gasteiger partial charge in [0.2, 0.25) is 0 Å². The summed E-state index contributed by atoms with van der Waals surface area (Å²) in [7, 11) is -0.792. The van der Waals surface area contributed by atoms with Crippen LogP contribution in [0.15, 0.2) is 83.2 Å². The number of nitrogens with one attached hydrogen (secondary N) is 1. The smallest absolute Gasteiger partial charge is 0.281 e. The van der Waals surface area contributed by atoms with E-state index in [2.05, 4.69) is 16.3 Å². The average Bonchev–Trinajstić information content (AvgIpc) is 3.19. The summed E-state index contributed by atoms with van der Waals surface area (Å²) in [5.41, 5.74) is 2.02. The number of nitrogens with zero attached hydrogens (tertiary/aromatic N) is 2.